The topological polar surface area (TPSA) is 67.6 Å². The molecule has 2 rings (SSSR count). The predicted octanol–water partition coefficient (Wildman–Crippen LogP) is 1.63. The lowest BCUT2D eigenvalue weighted by Gasteiger charge is -2.37. The third-order valence-corrected chi connectivity index (χ3v) is 3.35. The van der Waals surface area contributed by atoms with Crippen LogP contribution in [0.5, 0.6) is 0 Å². The van der Waals surface area contributed by atoms with Crippen LogP contribution in [0, 0.1) is 6.92 Å². The number of nitrogens with zero attached hydrogens (tertiary/aromatic N) is 1. The van der Waals surface area contributed by atoms with E-state index in [1.165, 1.54) is 0 Å². The Balaban J connectivity index is 1.92. The maximum Gasteiger partial charge on any atom is 0.238 e. The van der Waals surface area contributed by atoms with Gasteiger partial charge in [0, 0.05) is 13.1 Å². The van der Waals surface area contributed by atoms with E-state index in [-0.39, 0.29) is 11.5 Å². The molecule has 1 aliphatic heterocycles. The summed E-state index contributed by atoms with van der Waals surface area (Å²) in [5.74, 6) is -0.0433. The molecule has 0 aromatic heterocycles. The third kappa shape index (κ3) is 3.95. The van der Waals surface area contributed by atoms with E-state index < -0.39 is 0 Å². The number of rotatable bonds is 3. The minimum Gasteiger partial charge on any atom is -0.397 e. The highest BCUT2D eigenvalue weighted by Crippen LogP contribution is 2.20. The number of aryl methyl sites for hydroxylation is 1. The summed E-state index contributed by atoms with van der Waals surface area (Å²) >= 11 is 0. The second kappa shape index (κ2) is 5.81. The number of nitrogens with two attached hydrogens (primary N) is 1. The van der Waals surface area contributed by atoms with Gasteiger partial charge >= 0.3 is 0 Å². The molecule has 110 valence electrons. The molecule has 1 amide bonds. The zero-order valence-electron chi connectivity index (χ0n) is 12.4. The fourth-order valence-electron chi connectivity index (χ4n) is 2.44. The van der Waals surface area contributed by atoms with Gasteiger partial charge in [-0.15, -0.1) is 0 Å². The molecular weight excluding hydrogens is 254 g/mol. The van der Waals surface area contributed by atoms with Gasteiger partial charge in [-0.25, -0.2) is 0 Å². The van der Waals surface area contributed by atoms with Crippen LogP contribution in [0.2, 0.25) is 0 Å². The first-order chi connectivity index (χ1) is 9.35. The number of ether oxygens (including phenoxy) is 1. The Morgan fingerprint density at radius 3 is 2.90 bits per heavy atom. The average molecular weight is 277 g/mol. The highest BCUT2D eigenvalue weighted by molar-refractivity contribution is 5.95. The van der Waals surface area contributed by atoms with Crippen molar-refractivity contribution in [3.8, 4) is 0 Å². The Morgan fingerprint density at radius 2 is 2.25 bits per heavy atom. The Labute approximate surface area is 120 Å². The third-order valence-electron chi connectivity index (χ3n) is 3.35. The molecule has 1 heterocycles. The van der Waals surface area contributed by atoms with Gasteiger partial charge in [0.2, 0.25) is 5.91 Å². The number of benzene rings is 1. The molecule has 1 saturated heterocycles. The van der Waals surface area contributed by atoms with E-state index in [4.69, 9.17) is 10.5 Å². The quantitative estimate of drug-likeness (QED) is 0.824. The highest BCUT2D eigenvalue weighted by Gasteiger charge is 2.28. The minimum atomic E-state index is -0.193. The van der Waals surface area contributed by atoms with E-state index in [1.54, 1.807) is 0 Å². The van der Waals surface area contributed by atoms with E-state index >= 15 is 0 Å². The van der Waals surface area contributed by atoms with Crippen LogP contribution in [0.4, 0.5) is 11.4 Å². The summed E-state index contributed by atoms with van der Waals surface area (Å²) in [7, 11) is 0. The Bertz CT molecular complexity index is 500. The number of hydrogen-bond acceptors (Lipinski definition) is 4. The second-order valence-corrected chi connectivity index (χ2v) is 5.96. The van der Waals surface area contributed by atoms with Crippen molar-refractivity contribution in [3.05, 3.63) is 23.8 Å². The molecule has 0 atom stereocenters. The monoisotopic (exact) mass is 277 g/mol. The van der Waals surface area contributed by atoms with Crippen LogP contribution in [-0.4, -0.2) is 42.6 Å². The van der Waals surface area contributed by atoms with Gasteiger partial charge in [-0.05, 0) is 38.5 Å². The summed E-state index contributed by atoms with van der Waals surface area (Å²) in [6.45, 7) is 8.60. The van der Waals surface area contributed by atoms with Crippen molar-refractivity contribution in [2.24, 2.45) is 0 Å². The minimum absolute atomic E-state index is 0.0433. The number of amides is 1. The van der Waals surface area contributed by atoms with Crippen molar-refractivity contribution in [2.75, 3.05) is 37.3 Å². The van der Waals surface area contributed by atoms with Gasteiger partial charge in [0.15, 0.2) is 0 Å². The molecule has 0 spiro atoms. The standard InChI is InChI=1S/C15H23N3O2/c1-11-4-5-13(12(16)8-11)17-14(19)9-18-6-7-20-15(2,3)10-18/h4-5,8H,6-7,9-10,16H2,1-3H3,(H,17,19). The normalized spacial score (nSPS) is 18.8. The average Bonchev–Trinajstić information content (AvgIpc) is 2.31. The van der Waals surface area contributed by atoms with Gasteiger partial charge in [-0.2, -0.15) is 0 Å². The summed E-state index contributed by atoms with van der Waals surface area (Å²) in [6, 6.07) is 5.63. The number of carbonyl (C=O) groups excluding carboxylic acids is 1. The molecule has 1 aromatic carbocycles. The summed E-state index contributed by atoms with van der Waals surface area (Å²) in [6.07, 6.45) is 0. The molecule has 1 fully saturated rings. The molecule has 20 heavy (non-hydrogen) atoms. The molecule has 1 aliphatic rings. The van der Waals surface area contributed by atoms with Gasteiger partial charge in [0.25, 0.3) is 0 Å². The first-order valence-electron chi connectivity index (χ1n) is 6.88. The molecule has 3 N–H and O–H groups in total. The van der Waals surface area contributed by atoms with Gasteiger partial charge in [0.05, 0.1) is 30.1 Å². The van der Waals surface area contributed by atoms with E-state index in [0.717, 1.165) is 18.7 Å². The van der Waals surface area contributed by atoms with Gasteiger partial charge < -0.3 is 15.8 Å². The number of nitrogen functional groups attached to an aromatic ring is 1. The van der Waals surface area contributed by atoms with Crippen LogP contribution >= 0.6 is 0 Å². The summed E-state index contributed by atoms with van der Waals surface area (Å²) in [5, 5.41) is 2.87. The van der Waals surface area contributed by atoms with Gasteiger partial charge in [-0.1, -0.05) is 6.07 Å². The zero-order chi connectivity index (χ0) is 14.8. The first kappa shape index (κ1) is 14.8. The molecule has 0 saturated carbocycles. The Hall–Kier alpha value is -1.59. The van der Waals surface area contributed by atoms with Crippen LogP contribution in [0.1, 0.15) is 19.4 Å². The van der Waals surface area contributed by atoms with Crippen molar-refractivity contribution < 1.29 is 9.53 Å². The van der Waals surface area contributed by atoms with E-state index in [9.17, 15) is 4.79 Å². The molecular formula is C15H23N3O2. The second-order valence-electron chi connectivity index (χ2n) is 5.96. The number of morpholine rings is 1. The zero-order valence-corrected chi connectivity index (χ0v) is 12.4. The maximum absolute atomic E-state index is 12.1. The lowest BCUT2D eigenvalue weighted by Crippen LogP contribution is -2.50. The molecule has 5 heteroatoms. The van der Waals surface area contributed by atoms with Crippen molar-refractivity contribution in [2.45, 2.75) is 26.4 Å². The van der Waals surface area contributed by atoms with Crippen LogP contribution in [0.3, 0.4) is 0 Å². The van der Waals surface area contributed by atoms with Crippen molar-refractivity contribution in [1.82, 2.24) is 4.90 Å². The number of hydrogen-bond donors (Lipinski definition) is 2. The molecule has 0 aliphatic carbocycles. The van der Waals surface area contributed by atoms with Gasteiger partial charge in [0.1, 0.15) is 0 Å². The van der Waals surface area contributed by atoms with Crippen molar-refractivity contribution in [3.63, 3.8) is 0 Å². The Kier molecular flexibility index (Phi) is 4.30. The lowest BCUT2D eigenvalue weighted by molar-refractivity contribution is -0.122. The SMILES string of the molecule is Cc1ccc(NC(=O)CN2CCOC(C)(C)C2)c(N)c1. The summed E-state index contributed by atoms with van der Waals surface area (Å²) in [4.78, 5) is 14.2. The van der Waals surface area contributed by atoms with Crippen molar-refractivity contribution in [1.29, 1.82) is 0 Å². The Morgan fingerprint density at radius 1 is 1.50 bits per heavy atom. The van der Waals surface area contributed by atoms with Crippen LogP contribution < -0.4 is 11.1 Å². The smallest absolute Gasteiger partial charge is 0.238 e. The summed E-state index contributed by atoms with van der Waals surface area (Å²) in [5.41, 5.74) is 8.06. The molecule has 1 aromatic rings. The molecule has 5 nitrogen and oxygen atoms in total. The maximum atomic E-state index is 12.1. The number of nitrogens with one attached hydrogen (secondary N) is 1. The van der Waals surface area contributed by atoms with E-state index in [0.29, 0.717) is 24.5 Å². The predicted molar refractivity (Wildman–Crippen MR) is 80.7 cm³/mol. The fraction of sp³-hybridized carbons (Fsp3) is 0.533. The van der Waals surface area contributed by atoms with Gasteiger partial charge in [-0.3, -0.25) is 9.69 Å². The molecule has 0 bridgehead atoms. The van der Waals surface area contributed by atoms with Crippen molar-refractivity contribution >= 4 is 17.3 Å². The molecule has 0 radical (unpaired) electrons. The number of carbonyl (C=O) groups is 1. The van der Waals surface area contributed by atoms with Crippen LogP contribution in [-0.2, 0) is 9.53 Å². The summed E-state index contributed by atoms with van der Waals surface area (Å²) < 4.78 is 5.63. The largest absolute Gasteiger partial charge is 0.397 e. The highest BCUT2D eigenvalue weighted by atomic mass is 16.5. The van der Waals surface area contributed by atoms with E-state index in [1.807, 2.05) is 39.0 Å². The fourth-order valence-corrected chi connectivity index (χ4v) is 2.44. The lowest BCUT2D eigenvalue weighted by atomic mass is 10.1. The van der Waals surface area contributed by atoms with Crippen LogP contribution in [0.15, 0.2) is 18.2 Å². The number of anilines is 2. The molecule has 0 unspecified atom stereocenters. The first-order valence-corrected chi connectivity index (χ1v) is 6.88. The van der Waals surface area contributed by atoms with E-state index in [2.05, 4.69) is 10.2 Å². The van der Waals surface area contributed by atoms with Crippen LogP contribution in [0.25, 0.3) is 0 Å².